The average Bonchev–Trinajstić information content (AvgIpc) is 2.93. The van der Waals surface area contributed by atoms with Gasteiger partial charge >= 0.3 is 5.97 Å². The van der Waals surface area contributed by atoms with Crippen LogP contribution in [0.15, 0.2) is 54.6 Å². The normalized spacial score (nSPS) is 12.4. The van der Waals surface area contributed by atoms with Gasteiger partial charge in [0, 0.05) is 25.0 Å². The minimum atomic E-state index is -1.09. The van der Waals surface area contributed by atoms with Crippen LogP contribution in [0.1, 0.15) is 83.1 Å². The van der Waals surface area contributed by atoms with E-state index in [2.05, 4.69) is 17.6 Å². The second kappa shape index (κ2) is 18.9. The molecule has 0 bridgehead atoms. The number of unbranched alkanes of at least 4 members (excludes halogenated alkanes) is 9. The zero-order valence-corrected chi connectivity index (χ0v) is 23.0. The lowest BCUT2D eigenvalue weighted by Crippen LogP contribution is -2.99. The van der Waals surface area contributed by atoms with E-state index in [0.29, 0.717) is 6.42 Å². The molecule has 214 valence electrons. The molecule has 0 aliphatic carbocycles. The zero-order valence-electron chi connectivity index (χ0n) is 23.0. The summed E-state index contributed by atoms with van der Waals surface area (Å²) in [5, 5.41) is 24.3. The van der Waals surface area contributed by atoms with Gasteiger partial charge in [0.25, 0.3) is 0 Å². The van der Waals surface area contributed by atoms with Gasteiger partial charge in [-0.3, -0.25) is 9.59 Å². The summed E-state index contributed by atoms with van der Waals surface area (Å²) in [6.07, 6.45) is 12.4. The Labute approximate surface area is 231 Å². The first kappa shape index (κ1) is 31.9. The molecule has 2 aromatic rings. The Kier molecular flexibility index (Phi) is 15.5. The molecule has 0 saturated heterocycles. The summed E-state index contributed by atoms with van der Waals surface area (Å²) in [7, 11) is 0. The first-order chi connectivity index (χ1) is 18.9. The lowest BCUT2D eigenvalue weighted by molar-refractivity contribution is -0.991. The number of benzene rings is 2. The molecule has 2 atom stereocenters. The predicted octanol–water partition coefficient (Wildman–Crippen LogP) is 4.15. The maximum Gasteiger partial charge on any atom is 0.334 e. The van der Waals surface area contributed by atoms with Crippen molar-refractivity contribution in [1.29, 1.82) is 0 Å². The van der Waals surface area contributed by atoms with Gasteiger partial charge in [-0.25, -0.2) is 10.0 Å². The minimum Gasteiger partial charge on any atom is -0.595 e. The third-order valence-corrected chi connectivity index (χ3v) is 6.43. The van der Waals surface area contributed by atoms with Gasteiger partial charge in [0.15, 0.2) is 5.69 Å². The average molecular weight is 542 g/mol. The number of ether oxygens (including phenoxy) is 1. The predicted molar refractivity (Wildman–Crippen MR) is 149 cm³/mol. The lowest BCUT2D eigenvalue weighted by Gasteiger charge is -2.18. The van der Waals surface area contributed by atoms with E-state index in [1.165, 1.54) is 69.2 Å². The third kappa shape index (κ3) is 13.9. The van der Waals surface area contributed by atoms with Crippen molar-refractivity contribution >= 4 is 23.5 Å². The van der Waals surface area contributed by atoms with Crippen molar-refractivity contribution in [2.45, 2.75) is 90.0 Å². The van der Waals surface area contributed by atoms with Crippen LogP contribution >= 0.6 is 0 Å². The number of esters is 1. The molecule has 4 N–H and O–H groups in total. The molecule has 0 aliphatic heterocycles. The van der Waals surface area contributed by atoms with E-state index >= 15 is 0 Å². The quantitative estimate of drug-likeness (QED) is 0.0914. The number of carbonyl (C=O) groups excluding carboxylic acids is 3. The van der Waals surface area contributed by atoms with Crippen molar-refractivity contribution in [1.82, 2.24) is 10.6 Å². The summed E-state index contributed by atoms with van der Waals surface area (Å²) in [4.78, 5) is 37.6. The van der Waals surface area contributed by atoms with Crippen LogP contribution in [0.3, 0.4) is 0 Å². The Morgan fingerprint density at radius 3 is 2.03 bits per heavy atom. The van der Waals surface area contributed by atoms with Gasteiger partial charge in [0.2, 0.25) is 11.8 Å². The number of hydrogen-bond acceptors (Lipinski definition) is 6. The first-order valence-corrected chi connectivity index (χ1v) is 14.0. The van der Waals surface area contributed by atoms with Crippen LogP contribution in [0.2, 0.25) is 0 Å². The van der Waals surface area contributed by atoms with E-state index in [4.69, 9.17) is 9.94 Å². The monoisotopic (exact) mass is 541 g/mol. The minimum absolute atomic E-state index is 0.0671. The first-order valence-electron chi connectivity index (χ1n) is 14.0. The van der Waals surface area contributed by atoms with E-state index in [-0.39, 0.29) is 30.3 Å². The van der Waals surface area contributed by atoms with E-state index < -0.39 is 23.1 Å². The van der Waals surface area contributed by atoms with Crippen LogP contribution in [0.4, 0.5) is 5.69 Å². The van der Waals surface area contributed by atoms with Gasteiger partial charge in [0.1, 0.15) is 11.8 Å². The molecular formula is C30H43N3O6. The highest BCUT2D eigenvalue weighted by molar-refractivity contribution is 5.89. The summed E-state index contributed by atoms with van der Waals surface area (Å²) in [6, 6.07) is 13.6. The Balaban J connectivity index is 1.75. The summed E-state index contributed by atoms with van der Waals surface area (Å²) >= 11 is 0. The van der Waals surface area contributed by atoms with E-state index in [1.807, 2.05) is 30.3 Å². The number of amides is 2. The van der Waals surface area contributed by atoms with Gasteiger partial charge < -0.3 is 20.6 Å². The largest absolute Gasteiger partial charge is 0.595 e. The maximum absolute atomic E-state index is 12.9. The molecule has 0 fully saturated rings. The molecule has 2 aromatic carbocycles. The van der Waals surface area contributed by atoms with Crippen LogP contribution in [-0.4, -0.2) is 35.6 Å². The second-order valence-electron chi connectivity index (χ2n) is 9.77. The Bertz CT molecular complexity index is 982. The maximum atomic E-state index is 12.9. The molecule has 9 heteroatoms. The molecule has 0 radical (unpaired) electrons. The van der Waals surface area contributed by atoms with Gasteiger partial charge in [0.05, 0.1) is 6.54 Å². The number of hydrogen-bond donors (Lipinski definition) is 4. The highest BCUT2D eigenvalue weighted by Gasteiger charge is 2.24. The van der Waals surface area contributed by atoms with E-state index in [0.717, 1.165) is 24.8 Å². The molecule has 0 saturated carbocycles. The molecule has 39 heavy (non-hydrogen) atoms. The molecule has 0 heterocycles. The van der Waals surface area contributed by atoms with Crippen LogP contribution in [0, 0.1) is 5.21 Å². The summed E-state index contributed by atoms with van der Waals surface area (Å²) in [5.41, 5.74) is 0.892. The number of quaternary nitrogens is 1. The Morgan fingerprint density at radius 1 is 0.846 bits per heavy atom. The van der Waals surface area contributed by atoms with Gasteiger partial charge in [-0.1, -0.05) is 95.0 Å². The standard InChI is InChI=1S/C30H43N3O6/c1-2-3-4-5-6-7-8-9-10-14-17-28(34)31-23-29(35)32-27(22-24-15-12-11-13-16-24)30(36)39-26-20-18-25(19-21-26)33(37)38/h11-13,15-16,18-21,27,33,37H,2-10,14,17,22-23H2,1H3,(H,31,34)(H,32,35). The molecule has 0 spiro atoms. The topological polar surface area (TPSA) is 132 Å². The number of carbonyl (C=O) groups is 3. The SMILES string of the molecule is CCCCCCCCCCCCC(=O)NCC(=O)NC(Cc1ccccc1)C(=O)Oc1ccc([NH+]([O-])O)cc1. The lowest BCUT2D eigenvalue weighted by atomic mass is 10.1. The van der Waals surface area contributed by atoms with Crippen LogP contribution in [-0.2, 0) is 20.8 Å². The van der Waals surface area contributed by atoms with Crippen LogP contribution in [0.5, 0.6) is 5.75 Å². The number of nitrogens with one attached hydrogen (secondary N) is 3. The van der Waals surface area contributed by atoms with Crippen molar-refractivity contribution in [2.24, 2.45) is 0 Å². The van der Waals surface area contributed by atoms with Crippen molar-refractivity contribution in [3.8, 4) is 5.75 Å². The highest BCUT2D eigenvalue weighted by Crippen LogP contribution is 2.15. The van der Waals surface area contributed by atoms with Gasteiger partial charge in [-0.15, -0.1) is 0 Å². The summed E-state index contributed by atoms with van der Waals surface area (Å²) < 4.78 is 5.39. The van der Waals surface area contributed by atoms with Crippen LogP contribution < -0.4 is 20.6 Å². The smallest absolute Gasteiger partial charge is 0.334 e. The fraction of sp³-hybridized carbons (Fsp3) is 0.500. The molecule has 2 amide bonds. The second-order valence-corrected chi connectivity index (χ2v) is 9.77. The molecule has 2 rings (SSSR count). The molecule has 0 aromatic heterocycles. The van der Waals surface area contributed by atoms with Crippen molar-refractivity contribution < 1.29 is 29.6 Å². The van der Waals surface area contributed by atoms with Crippen molar-refractivity contribution in [3.63, 3.8) is 0 Å². The molecule has 9 nitrogen and oxygen atoms in total. The Hall–Kier alpha value is -3.27. The molecule has 0 aliphatic rings. The van der Waals surface area contributed by atoms with E-state index in [1.54, 1.807) is 0 Å². The van der Waals surface area contributed by atoms with Crippen molar-refractivity contribution in [3.05, 3.63) is 65.4 Å². The highest BCUT2D eigenvalue weighted by atomic mass is 16.8. The third-order valence-electron chi connectivity index (χ3n) is 6.43. The van der Waals surface area contributed by atoms with Gasteiger partial charge in [-0.2, -0.15) is 5.23 Å². The molecular weight excluding hydrogens is 498 g/mol. The summed E-state index contributed by atoms with van der Waals surface area (Å²) in [5.74, 6) is -1.20. The van der Waals surface area contributed by atoms with E-state index in [9.17, 15) is 19.6 Å². The van der Waals surface area contributed by atoms with Crippen molar-refractivity contribution in [2.75, 3.05) is 6.54 Å². The Morgan fingerprint density at radius 2 is 1.44 bits per heavy atom. The zero-order chi connectivity index (χ0) is 28.3. The van der Waals surface area contributed by atoms with Crippen LogP contribution in [0.25, 0.3) is 0 Å². The number of rotatable bonds is 19. The fourth-order valence-electron chi connectivity index (χ4n) is 4.18. The summed E-state index contributed by atoms with van der Waals surface area (Å²) in [6.45, 7) is 1.98. The van der Waals surface area contributed by atoms with Gasteiger partial charge in [-0.05, 0) is 24.1 Å². The molecule has 2 unspecified atom stereocenters. The fourth-order valence-corrected chi connectivity index (χ4v) is 4.18.